The van der Waals surface area contributed by atoms with Gasteiger partial charge in [0.25, 0.3) is 0 Å². The first-order valence-electron chi connectivity index (χ1n) is 21.0. The Balaban J connectivity index is 5.65. The van der Waals surface area contributed by atoms with Crippen molar-refractivity contribution in [1.29, 1.82) is 0 Å². The molecule has 378 valence electrons. The molecule has 0 heterocycles. The lowest BCUT2D eigenvalue weighted by Gasteiger charge is -2.27. The maximum atomic E-state index is 13.4. The molecule has 0 aliphatic carbocycles. The van der Waals surface area contributed by atoms with E-state index < -0.39 is 182 Å². The number of aliphatic hydroxyl groups is 1. The van der Waals surface area contributed by atoms with Crippen molar-refractivity contribution in [1.82, 2.24) is 47.9 Å². The molecule has 0 aliphatic heterocycles. The van der Waals surface area contributed by atoms with Crippen LogP contribution in [-0.4, -0.2) is 165 Å². The van der Waals surface area contributed by atoms with Gasteiger partial charge < -0.3 is 79.7 Å². The van der Waals surface area contributed by atoms with E-state index in [1.807, 2.05) is 0 Å². The SMILES string of the molecule is CC(C)[C@H](NC(=O)[C@H](CCC(=O)O)NC(=O)[C@H](C)NC(=O)[C@H](CO)NC(=O)CNC(=O)[C@H](C)NC(=O)[C@@H](NC(=O)[C@H](CCC(=O)O)NC(=O)[C@H](CCC(N)=O)NC(=O)[C@H](C)N)C(C)C)C(=O)O. The summed E-state index contributed by atoms with van der Waals surface area (Å²) in [6.45, 7) is 7.91. The van der Waals surface area contributed by atoms with Crippen molar-refractivity contribution in [2.45, 2.75) is 141 Å². The lowest BCUT2D eigenvalue weighted by Crippen LogP contribution is -2.60. The molecule has 0 rings (SSSR count). The van der Waals surface area contributed by atoms with Crippen molar-refractivity contribution in [2.24, 2.45) is 23.3 Å². The number of aliphatic carboxylic acids is 3. The molecule has 0 spiro atoms. The number of aliphatic hydroxyl groups excluding tert-OH is 1. The Labute approximate surface area is 385 Å². The molecule has 0 bridgehead atoms. The number of carboxylic acids is 3. The van der Waals surface area contributed by atoms with Crippen LogP contribution in [-0.2, 0) is 62.3 Å². The molecule has 9 atom stereocenters. The van der Waals surface area contributed by atoms with Crippen molar-refractivity contribution >= 4 is 77.0 Å². The van der Waals surface area contributed by atoms with Crippen LogP contribution in [0.3, 0.4) is 0 Å². The quantitative estimate of drug-likeness (QED) is 0.0307. The molecule has 0 radical (unpaired) electrons. The number of nitrogens with two attached hydrogens (primary N) is 2. The predicted octanol–water partition coefficient (Wildman–Crippen LogP) is -6.25. The maximum absolute atomic E-state index is 13.4. The molecule has 28 nitrogen and oxygen atoms in total. The Kier molecular flexibility index (Phi) is 26.5. The number of hydrogen-bond acceptors (Lipinski definition) is 15. The van der Waals surface area contributed by atoms with Crippen LogP contribution in [0, 0.1) is 11.8 Å². The molecule has 0 aromatic heterocycles. The van der Waals surface area contributed by atoms with Gasteiger partial charge in [-0.2, -0.15) is 0 Å². The van der Waals surface area contributed by atoms with E-state index in [0.717, 1.165) is 6.92 Å². The summed E-state index contributed by atoms with van der Waals surface area (Å²) in [5.74, 6) is -14.9. The van der Waals surface area contributed by atoms with Gasteiger partial charge in [0, 0.05) is 19.3 Å². The van der Waals surface area contributed by atoms with Gasteiger partial charge in [-0.1, -0.05) is 27.7 Å². The summed E-state index contributed by atoms with van der Waals surface area (Å²) >= 11 is 0. The van der Waals surface area contributed by atoms with Gasteiger partial charge >= 0.3 is 17.9 Å². The van der Waals surface area contributed by atoms with Crippen molar-refractivity contribution in [2.75, 3.05) is 13.2 Å². The van der Waals surface area contributed by atoms with Crippen LogP contribution < -0.4 is 59.3 Å². The Morgan fingerprint density at radius 2 is 0.836 bits per heavy atom. The molecule has 10 amide bonds. The molecular weight excluding hydrogens is 894 g/mol. The second-order valence-electron chi connectivity index (χ2n) is 16.1. The second kappa shape index (κ2) is 29.5. The first kappa shape index (κ1) is 60.0. The number of carbonyl (C=O) groups is 13. The average molecular weight is 960 g/mol. The summed E-state index contributed by atoms with van der Waals surface area (Å²) in [6.07, 6.45) is -2.81. The van der Waals surface area contributed by atoms with E-state index in [4.69, 9.17) is 16.6 Å². The van der Waals surface area contributed by atoms with Crippen molar-refractivity contribution in [3.05, 3.63) is 0 Å². The molecule has 0 fully saturated rings. The highest BCUT2D eigenvalue weighted by Crippen LogP contribution is 2.09. The third-order valence-corrected chi connectivity index (χ3v) is 9.52. The first-order chi connectivity index (χ1) is 31.0. The molecule has 0 saturated carbocycles. The monoisotopic (exact) mass is 959 g/mol. The topological polar surface area (TPSA) is 463 Å². The van der Waals surface area contributed by atoms with Crippen LogP contribution in [0.4, 0.5) is 0 Å². The molecule has 0 unspecified atom stereocenters. The maximum Gasteiger partial charge on any atom is 0.326 e. The Bertz CT molecular complexity index is 1830. The van der Waals surface area contributed by atoms with E-state index in [2.05, 4.69) is 47.9 Å². The van der Waals surface area contributed by atoms with Crippen molar-refractivity contribution in [3.8, 4) is 0 Å². The highest BCUT2D eigenvalue weighted by atomic mass is 16.4. The molecule has 0 aromatic carbocycles. The zero-order valence-electron chi connectivity index (χ0n) is 38.3. The summed E-state index contributed by atoms with van der Waals surface area (Å²) in [4.78, 5) is 162. The largest absolute Gasteiger partial charge is 0.481 e. The number of hydrogen-bond donors (Lipinski definition) is 15. The smallest absolute Gasteiger partial charge is 0.326 e. The second-order valence-corrected chi connectivity index (χ2v) is 16.1. The van der Waals surface area contributed by atoms with Crippen molar-refractivity contribution in [3.63, 3.8) is 0 Å². The summed E-state index contributed by atoms with van der Waals surface area (Å²) in [5.41, 5.74) is 10.7. The summed E-state index contributed by atoms with van der Waals surface area (Å²) in [6, 6.07) is -12.9. The van der Waals surface area contributed by atoms with E-state index >= 15 is 0 Å². The Morgan fingerprint density at radius 1 is 0.448 bits per heavy atom. The fourth-order valence-corrected chi connectivity index (χ4v) is 5.57. The number of nitrogens with one attached hydrogen (secondary N) is 9. The highest BCUT2D eigenvalue weighted by Gasteiger charge is 2.34. The minimum atomic E-state index is -1.70. The van der Waals surface area contributed by atoms with Gasteiger partial charge in [0.1, 0.15) is 48.3 Å². The van der Waals surface area contributed by atoms with Gasteiger partial charge in [0.05, 0.1) is 19.2 Å². The number of amides is 10. The standard InChI is InChI=1S/C39H65N11O17/c1-16(2)29(49-35(62)23(10-13-28(56)57)48-34(61)21(8-11-25(41)52)46-31(58)18(5)40)38(65)44-19(6)32(59)42-14-26(53)45-24(15-51)37(64)43-20(7)33(60)47-22(9-12-27(54)55)36(63)50-30(17(3)4)39(66)67/h16-24,29-30,51H,8-15,40H2,1-7H3,(H2,41,52)(H,42,59)(H,43,64)(H,44,65)(H,45,53)(H,46,58)(H,47,60)(H,48,61)(H,49,62)(H,50,63)(H,54,55)(H,56,57)(H,66,67)/t18-,19-,20-,21-,22-,23-,24-,29-,30-/m0/s1. The average Bonchev–Trinajstić information content (AvgIpc) is 3.22. The van der Waals surface area contributed by atoms with E-state index in [0.29, 0.717) is 0 Å². The van der Waals surface area contributed by atoms with Crippen LogP contribution in [0.1, 0.15) is 87.0 Å². The van der Waals surface area contributed by atoms with Crippen LogP contribution in [0.5, 0.6) is 0 Å². The van der Waals surface area contributed by atoms with E-state index in [9.17, 15) is 77.6 Å². The fraction of sp³-hybridized carbons (Fsp3) is 0.667. The third-order valence-electron chi connectivity index (χ3n) is 9.52. The van der Waals surface area contributed by atoms with Gasteiger partial charge in [0.15, 0.2) is 0 Å². The lowest BCUT2D eigenvalue weighted by atomic mass is 10.0. The van der Waals surface area contributed by atoms with Gasteiger partial charge in [-0.3, -0.25) is 57.5 Å². The molecule has 0 saturated heterocycles. The minimum Gasteiger partial charge on any atom is -0.481 e. The van der Waals surface area contributed by atoms with Gasteiger partial charge in [-0.15, -0.1) is 0 Å². The molecule has 28 heteroatoms. The number of carboxylic acid groups (broad SMARTS) is 3. The van der Waals surface area contributed by atoms with E-state index in [1.165, 1.54) is 41.5 Å². The molecular formula is C39H65N11O17. The zero-order chi connectivity index (χ0) is 51.9. The van der Waals surface area contributed by atoms with Crippen LogP contribution >= 0.6 is 0 Å². The fourth-order valence-electron chi connectivity index (χ4n) is 5.57. The van der Waals surface area contributed by atoms with E-state index in [-0.39, 0.29) is 12.8 Å². The predicted molar refractivity (Wildman–Crippen MR) is 230 cm³/mol. The van der Waals surface area contributed by atoms with Gasteiger partial charge in [-0.25, -0.2) is 4.79 Å². The normalized spacial score (nSPS) is 15.0. The summed E-state index contributed by atoms with van der Waals surface area (Å²) in [7, 11) is 0. The van der Waals surface area contributed by atoms with Gasteiger partial charge in [-0.05, 0) is 51.9 Å². The van der Waals surface area contributed by atoms with Crippen LogP contribution in [0.2, 0.25) is 0 Å². The molecule has 0 aromatic rings. The van der Waals surface area contributed by atoms with Crippen LogP contribution in [0.15, 0.2) is 0 Å². The zero-order valence-corrected chi connectivity index (χ0v) is 38.3. The highest BCUT2D eigenvalue weighted by molar-refractivity contribution is 5.98. The summed E-state index contributed by atoms with van der Waals surface area (Å²) in [5, 5.41) is 58.0. The Hall–Kier alpha value is -6.97. The minimum absolute atomic E-state index is 0.300. The summed E-state index contributed by atoms with van der Waals surface area (Å²) < 4.78 is 0. The van der Waals surface area contributed by atoms with Crippen molar-refractivity contribution < 1.29 is 82.8 Å². The number of primary amides is 1. The first-order valence-corrected chi connectivity index (χ1v) is 21.0. The number of rotatable bonds is 31. The van der Waals surface area contributed by atoms with E-state index in [1.54, 1.807) is 0 Å². The Morgan fingerprint density at radius 3 is 1.25 bits per heavy atom. The molecule has 0 aliphatic rings. The molecule has 67 heavy (non-hydrogen) atoms. The van der Waals surface area contributed by atoms with Crippen LogP contribution in [0.25, 0.3) is 0 Å². The van der Waals surface area contributed by atoms with Gasteiger partial charge in [0.2, 0.25) is 59.1 Å². The third kappa shape index (κ3) is 23.2. The molecule has 17 N–H and O–H groups in total. The number of carbonyl (C=O) groups excluding carboxylic acids is 10. The lowest BCUT2D eigenvalue weighted by molar-refractivity contribution is -0.144.